The lowest BCUT2D eigenvalue weighted by Crippen LogP contribution is -2.52. The lowest BCUT2D eigenvalue weighted by molar-refractivity contribution is -0.139. The number of sulfonamides is 1. The van der Waals surface area contributed by atoms with E-state index in [-0.39, 0.29) is 18.5 Å². The van der Waals surface area contributed by atoms with Gasteiger partial charge in [0.05, 0.1) is 11.9 Å². The molecular formula is C25H31Cl2N3O4S. The maximum Gasteiger partial charge on any atom is 0.244 e. The second-order valence-corrected chi connectivity index (χ2v) is 11.8. The highest BCUT2D eigenvalue weighted by atomic mass is 35.5. The molecule has 2 aromatic carbocycles. The zero-order valence-corrected chi connectivity index (χ0v) is 22.5. The van der Waals surface area contributed by atoms with Crippen LogP contribution in [0.3, 0.4) is 0 Å². The molecule has 0 heterocycles. The van der Waals surface area contributed by atoms with Crippen LogP contribution in [0.1, 0.15) is 43.7 Å². The van der Waals surface area contributed by atoms with Crippen molar-refractivity contribution in [3.63, 3.8) is 0 Å². The standard InChI is InChI=1S/C25H31Cl2N3O4S/c1-17-13-21(27)11-12-23(17)30(35(3,33)34)16-24(31)29(15-19-7-6-8-20(26)14-19)18(2)25(32)28-22-9-4-5-10-22/h6-8,11-14,18,22H,4-5,9-10,15-16H2,1-3H3,(H,28,32). The van der Waals surface area contributed by atoms with Gasteiger partial charge in [-0.15, -0.1) is 0 Å². The van der Waals surface area contributed by atoms with Gasteiger partial charge in [0.25, 0.3) is 0 Å². The molecule has 0 aromatic heterocycles. The van der Waals surface area contributed by atoms with E-state index in [0.29, 0.717) is 21.3 Å². The molecule has 2 aromatic rings. The Morgan fingerprint density at radius 1 is 1.09 bits per heavy atom. The number of hydrogen-bond acceptors (Lipinski definition) is 4. The smallest absolute Gasteiger partial charge is 0.244 e. The highest BCUT2D eigenvalue weighted by molar-refractivity contribution is 7.92. The van der Waals surface area contributed by atoms with Gasteiger partial charge in [0, 0.05) is 22.6 Å². The summed E-state index contributed by atoms with van der Waals surface area (Å²) in [7, 11) is -3.80. The number of nitrogens with zero attached hydrogens (tertiary/aromatic N) is 2. The van der Waals surface area contributed by atoms with E-state index < -0.39 is 28.5 Å². The predicted molar refractivity (Wildman–Crippen MR) is 140 cm³/mol. The molecule has 35 heavy (non-hydrogen) atoms. The lowest BCUT2D eigenvalue weighted by atomic mass is 10.1. The van der Waals surface area contributed by atoms with Crippen LogP contribution in [0.25, 0.3) is 0 Å². The van der Waals surface area contributed by atoms with Crippen LogP contribution in [0.4, 0.5) is 5.69 Å². The van der Waals surface area contributed by atoms with Crippen LogP contribution in [-0.4, -0.2) is 50.0 Å². The summed E-state index contributed by atoms with van der Waals surface area (Å²) in [4.78, 5) is 28.1. The molecule has 0 spiro atoms. The van der Waals surface area contributed by atoms with Crippen molar-refractivity contribution >= 4 is 50.7 Å². The molecular weight excluding hydrogens is 509 g/mol. The highest BCUT2D eigenvalue weighted by Crippen LogP contribution is 2.26. The van der Waals surface area contributed by atoms with E-state index in [1.165, 1.54) is 4.90 Å². The first-order valence-corrected chi connectivity index (χ1v) is 14.1. The molecule has 1 aliphatic rings. The molecule has 1 unspecified atom stereocenters. The van der Waals surface area contributed by atoms with Crippen molar-refractivity contribution in [2.75, 3.05) is 17.1 Å². The minimum absolute atomic E-state index is 0.0947. The number of aryl methyl sites for hydroxylation is 1. The van der Waals surface area contributed by atoms with Gasteiger partial charge in [0.15, 0.2) is 0 Å². The molecule has 0 saturated heterocycles. The molecule has 1 aliphatic carbocycles. The Kier molecular flexibility index (Phi) is 9.07. The van der Waals surface area contributed by atoms with E-state index in [4.69, 9.17) is 23.2 Å². The Hall–Kier alpha value is -2.29. The second-order valence-electron chi connectivity index (χ2n) is 9.02. The largest absolute Gasteiger partial charge is 0.352 e. The highest BCUT2D eigenvalue weighted by Gasteiger charge is 2.31. The molecule has 190 valence electrons. The van der Waals surface area contributed by atoms with E-state index >= 15 is 0 Å². The third kappa shape index (κ3) is 7.35. The van der Waals surface area contributed by atoms with Gasteiger partial charge in [-0.3, -0.25) is 13.9 Å². The fourth-order valence-corrected chi connectivity index (χ4v) is 5.65. The van der Waals surface area contributed by atoms with E-state index in [1.807, 2.05) is 6.07 Å². The number of halogens is 2. The normalized spacial score (nSPS) is 15.0. The fourth-order valence-electron chi connectivity index (χ4n) is 4.30. The van der Waals surface area contributed by atoms with Crippen LogP contribution in [0, 0.1) is 6.92 Å². The Morgan fingerprint density at radius 2 is 1.74 bits per heavy atom. The van der Waals surface area contributed by atoms with Crippen LogP contribution in [0.15, 0.2) is 42.5 Å². The third-order valence-electron chi connectivity index (χ3n) is 6.22. The number of anilines is 1. The van der Waals surface area contributed by atoms with Crippen LogP contribution in [0.5, 0.6) is 0 Å². The van der Waals surface area contributed by atoms with Crippen LogP contribution in [0.2, 0.25) is 10.0 Å². The van der Waals surface area contributed by atoms with Gasteiger partial charge in [-0.25, -0.2) is 8.42 Å². The van der Waals surface area contributed by atoms with Gasteiger partial charge in [-0.05, 0) is 68.1 Å². The molecule has 1 fully saturated rings. The molecule has 3 rings (SSSR count). The maximum atomic E-state index is 13.6. The van der Waals surface area contributed by atoms with Crippen molar-refractivity contribution in [3.8, 4) is 0 Å². The number of hydrogen-bond donors (Lipinski definition) is 1. The monoisotopic (exact) mass is 539 g/mol. The maximum absolute atomic E-state index is 13.6. The summed E-state index contributed by atoms with van der Waals surface area (Å²) in [6.45, 7) is 3.04. The Labute approximate surface area is 217 Å². The van der Waals surface area contributed by atoms with Gasteiger partial charge in [-0.2, -0.15) is 0 Å². The first-order valence-electron chi connectivity index (χ1n) is 11.5. The first-order chi connectivity index (χ1) is 16.5. The van der Waals surface area contributed by atoms with E-state index in [9.17, 15) is 18.0 Å². The zero-order chi connectivity index (χ0) is 25.8. The number of rotatable bonds is 9. The van der Waals surface area contributed by atoms with Crippen molar-refractivity contribution < 1.29 is 18.0 Å². The average Bonchev–Trinajstić information content (AvgIpc) is 3.28. The van der Waals surface area contributed by atoms with Crippen molar-refractivity contribution in [1.29, 1.82) is 0 Å². The Morgan fingerprint density at radius 3 is 2.34 bits per heavy atom. The summed E-state index contributed by atoms with van der Waals surface area (Å²) in [5.74, 6) is -0.764. The van der Waals surface area contributed by atoms with E-state index in [1.54, 1.807) is 50.2 Å². The second kappa shape index (κ2) is 11.6. The SMILES string of the molecule is Cc1cc(Cl)ccc1N(CC(=O)N(Cc1cccc(Cl)c1)C(C)C(=O)NC1CCCC1)S(C)(=O)=O. The van der Waals surface area contributed by atoms with Gasteiger partial charge in [0.1, 0.15) is 12.6 Å². The van der Waals surface area contributed by atoms with Crippen molar-refractivity contribution in [2.45, 2.75) is 58.2 Å². The van der Waals surface area contributed by atoms with Crippen LogP contribution in [-0.2, 0) is 26.2 Å². The summed E-state index contributed by atoms with van der Waals surface area (Å²) in [6, 6.07) is 11.1. The fraction of sp³-hybridized carbons (Fsp3) is 0.440. The summed E-state index contributed by atoms with van der Waals surface area (Å²) >= 11 is 12.2. The van der Waals surface area contributed by atoms with Crippen molar-refractivity contribution in [2.24, 2.45) is 0 Å². The number of carbonyl (C=O) groups excluding carboxylic acids is 2. The van der Waals surface area contributed by atoms with Gasteiger partial charge in [0.2, 0.25) is 21.8 Å². The molecule has 1 atom stereocenters. The molecule has 2 amide bonds. The van der Waals surface area contributed by atoms with Gasteiger partial charge >= 0.3 is 0 Å². The number of nitrogens with one attached hydrogen (secondary N) is 1. The molecule has 0 bridgehead atoms. The summed E-state index contributed by atoms with van der Waals surface area (Å²) in [6.07, 6.45) is 5.01. The summed E-state index contributed by atoms with van der Waals surface area (Å²) in [5.41, 5.74) is 1.71. The van der Waals surface area contributed by atoms with E-state index in [0.717, 1.165) is 41.8 Å². The number of amides is 2. The minimum Gasteiger partial charge on any atom is -0.352 e. The Balaban J connectivity index is 1.90. The Bertz CT molecular complexity index is 1180. The van der Waals surface area contributed by atoms with Crippen molar-refractivity contribution in [1.82, 2.24) is 10.2 Å². The lowest BCUT2D eigenvalue weighted by Gasteiger charge is -2.32. The summed E-state index contributed by atoms with van der Waals surface area (Å²) < 4.78 is 26.4. The predicted octanol–water partition coefficient (Wildman–Crippen LogP) is 4.54. The van der Waals surface area contributed by atoms with Crippen LogP contribution >= 0.6 is 23.2 Å². The van der Waals surface area contributed by atoms with E-state index in [2.05, 4.69) is 5.32 Å². The molecule has 10 heteroatoms. The number of benzene rings is 2. The molecule has 0 radical (unpaired) electrons. The molecule has 0 aliphatic heterocycles. The molecule has 7 nitrogen and oxygen atoms in total. The van der Waals surface area contributed by atoms with Gasteiger partial charge < -0.3 is 10.2 Å². The third-order valence-corrected chi connectivity index (χ3v) is 7.81. The number of carbonyl (C=O) groups is 2. The minimum atomic E-state index is -3.80. The van der Waals surface area contributed by atoms with Crippen LogP contribution < -0.4 is 9.62 Å². The molecule has 1 saturated carbocycles. The molecule has 1 N–H and O–H groups in total. The average molecular weight is 541 g/mol. The first kappa shape index (κ1) is 27.3. The zero-order valence-electron chi connectivity index (χ0n) is 20.1. The van der Waals surface area contributed by atoms with Crippen molar-refractivity contribution in [3.05, 3.63) is 63.6 Å². The topological polar surface area (TPSA) is 86.8 Å². The van der Waals surface area contributed by atoms with Gasteiger partial charge in [-0.1, -0.05) is 48.2 Å². The summed E-state index contributed by atoms with van der Waals surface area (Å²) in [5, 5.41) is 4.01. The quantitative estimate of drug-likeness (QED) is 0.506.